The van der Waals surface area contributed by atoms with Gasteiger partial charge in [-0.3, -0.25) is 4.79 Å². The first-order valence-electron chi connectivity index (χ1n) is 10.5. The molecule has 2 saturated heterocycles. The zero-order valence-corrected chi connectivity index (χ0v) is 17.8. The summed E-state index contributed by atoms with van der Waals surface area (Å²) in [6.45, 7) is 6.39. The van der Waals surface area contributed by atoms with E-state index in [1.54, 1.807) is 11.3 Å². The van der Waals surface area contributed by atoms with Crippen LogP contribution in [0.1, 0.15) is 58.5 Å². The highest BCUT2D eigenvalue weighted by molar-refractivity contribution is 7.13. The fourth-order valence-electron chi connectivity index (χ4n) is 6.11. The summed E-state index contributed by atoms with van der Waals surface area (Å²) in [6.07, 6.45) is 5.66. The average molecular weight is 396 g/mol. The van der Waals surface area contributed by atoms with Gasteiger partial charge in [0, 0.05) is 23.5 Å². The zero-order chi connectivity index (χ0) is 19.5. The number of likely N-dealkylation sites (tertiary alicyclic amines) is 1. The van der Waals surface area contributed by atoms with Gasteiger partial charge in [-0.15, -0.1) is 11.3 Å². The van der Waals surface area contributed by atoms with Gasteiger partial charge >= 0.3 is 0 Å². The maximum absolute atomic E-state index is 13.9. The van der Waals surface area contributed by atoms with Gasteiger partial charge in [-0.2, -0.15) is 0 Å². The van der Waals surface area contributed by atoms with Crippen molar-refractivity contribution in [2.45, 2.75) is 77.0 Å². The van der Waals surface area contributed by atoms with Gasteiger partial charge in [0.15, 0.2) is 0 Å². The quantitative estimate of drug-likeness (QED) is 0.850. The van der Waals surface area contributed by atoms with E-state index in [9.17, 15) is 4.79 Å². The molecule has 0 spiro atoms. The number of fused-ring (bicyclic) bond motifs is 1. The lowest BCUT2D eigenvalue weighted by atomic mass is 9.64. The minimum absolute atomic E-state index is 0.194. The summed E-state index contributed by atoms with van der Waals surface area (Å²) >= 11 is 1.55. The molecule has 5 atom stereocenters. The second-order valence-electron chi connectivity index (χ2n) is 9.10. The van der Waals surface area contributed by atoms with E-state index in [1.807, 2.05) is 13.8 Å². The first-order chi connectivity index (χ1) is 13.5. The number of amides is 1. The Morgan fingerprint density at radius 1 is 1.29 bits per heavy atom. The van der Waals surface area contributed by atoms with Crippen LogP contribution < -0.4 is 5.32 Å². The Hall–Kier alpha value is -1.72. The number of benzene rings is 1. The van der Waals surface area contributed by atoms with Crippen LogP contribution in [0, 0.1) is 19.3 Å². The highest BCUT2D eigenvalue weighted by Crippen LogP contribution is 2.52. The number of piperidine rings is 1. The topological polar surface area (TPSA) is 45.2 Å². The van der Waals surface area contributed by atoms with Gasteiger partial charge in [0.2, 0.25) is 0 Å². The molecule has 148 valence electrons. The summed E-state index contributed by atoms with van der Waals surface area (Å²) in [5, 5.41) is 4.92. The van der Waals surface area contributed by atoms with Crippen LogP contribution in [0.4, 0.5) is 0 Å². The maximum Gasteiger partial charge on any atom is 0.266 e. The molecular weight excluding hydrogens is 366 g/mol. The smallest absolute Gasteiger partial charge is 0.266 e. The fourth-order valence-corrected chi connectivity index (χ4v) is 6.98. The molecule has 4 nitrogen and oxygen atoms in total. The largest absolute Gasteiger partial charge is 0.329 e. The number of hydrogen-bond donors (Lipinski definition) is 1. The summed E-state index contributed by atoms with van der Waals surface area (Å²) in [5.41, 5.74) is 2.39. The van der Waals surface area contributed by atoms with Gasteiger partial charge < -0.3 is 10.2 Å². The molecule has 5 heteroatoms. The lowest BCUT2D eigenvalue weighted by Crippen LogP contribution is -2.62. The highest BCUT2D eigenvalue weighted by Gasteiger charge is 2.60. The minimum atomic E-state index is 0.194. The molecule has 3 heterocycles. The molecule has 1 aromatic carbocycles. The number of hydrogen-bond acceptors (Lipinski definition) is 4. The number of nitrogens with one attached hydrogen (secondary N) is 1. The summed E-state index contributed by atoms with van der Waals surface area (Å²) < 4.78 is 0. The number of rotatable bonds is 3. The molecule has 1 N–H and O–H groups in total. The Labute approximate surface area is 171 Å². The third-order valence-electron chi connectivity index (χ3n) is 7.38. The summed E-state index contributed by atoms with van der Waals surface area (Å²) in [7, 11) is 0. The molecular formula is C23H29N3OS. The average Bonchev–Trinajstić information content (AvgIpc) is 3.20. The second kappa shape index (κ2) is 6.67. The van der Waals surface area contributed by atoms with Crippen molar-refractivity contribution in [1.29, 1.82) is 0 Å². The molecule has 1 saturated carbocycles. The van der Waals surface area contributed by atoms with Crippen molar-refractivity contribution in [3.8, 4) is 0 Å². The first-order valence-corrected chi connectivity index (χ1v) is 11.4. The Morgan fingerprint density at radius 2 is 2.07 bits per heavy atom. The van der Waals surface area contributed by atoms with Gasteiger partial charge in [0.05, 0.1) is 16.7 Å². The molecule has 0 unspecified atom stereocenters. The van der Waals surface area contributed by atoms with Crippen LogP contribution in [0.25, 0.3) is 0 Å². The molecule has 1 aliphatic carbocycles. The molecule has 2 aromatic rings. The van der Waals surface area contributed by atoms with Crippen molar-refractivity contribution < 1.29 is 4.79 Å². The monoisotopic (exact) mass is 395 g/mol. The molecule has 28 heavy (non-hydrogen) atoms. The van der Waals surface area contributed by atoms with E-state index in [2.05, 4.69) is 52.5 Å². The van der Waals surface area contributed by atoms with Gasteiger partial charge in [-0.25, -0.2) is 4.98 Å². The molecule has 5 rings (SSSR count). The van der Waals surface area contributed by atoms with Crippen LogP contribution in [0.3, 0.4) is 0 Å². The molecule has 3 fully saturated rings. The van der Waals surface area contributed by atoms with E-state index in [0.717, 1.165) is 28.4 Å². The van der Waals surface area contributed by atoms with Crippen molar-refractivity contribution >= 4 is 17.2 Å². The molecule has 1 aromatic heterocycles. The Morgan fingerprint density at radius 3 is 2.79 bits per heavy atom. The van der Waals surface area contributed by atoms with Crippen molar-refractivity contribution in [1.82, 2.24) is 15.2 Å². The highest BCUT2D eigenvalue weighted by atomic mass is 32.1. The predicted molar refractivity (Wildman–Crippen MR) is 113 cm³/mol. The molecule has 1 amide bonds. The minimum Gasteiger partial charge on any atom is -0.329 e. The van der Waals surface area contributed by atoms with Crippen molar-refractivity contribution in [3.63, 3.8) is 0 Å². The molecule has 3 aliphatic rings. The van der Waals surface area contributed by atoms with Gasteiger partial charge in [0.1, 0.15) is 4.88 Å². The number of nitrogens with zero attached hydrogens (tertiary/aromatic N) is 2. The van der Waals surface area contributed by atoms with Crippen molar-refractivity contribution in [2.24, 2.45) is 5.41 Å². The van der Waals surface area contributed by atoms with Gasteiger partial charge in [0.25, 0.3) is 5.91 Å². The van der Waals surface area contributed by atoms with Crippen LogP contribution in [-0.4, -0.2) is 40.0 Å². The zero-order valence-electron chi connectivity index (χ0n) is 16.9. The van der Waals surface area contributed by atoms with E-state index >= 15 is 0 Å². The fraction of sp³-hybridized carbons (Fsp3) is 0.565. The van der Waals surface area contributed by atoms with Crippen LogP contribution in [0.15, 0.2) is 30.3 Å². The third kappa shape index (κ3) is 2.74. The number of thiazole rings is 1. The van der Waals surface area contributed by atoms with Crippen LogP contribution in [-0.2, 0) is 6.42 Å². The van der Waals surface area contributed by atoms with E-state index in [-0.39, 0.29) is 17.4 Å². The van der Waals surface area contributed by atoms with Crippen molar-refractivity contribution in [3.05, 3.63) is 51.5 Å². The van der Waals surface area contributed by atoms with Crippen molar-refractivity contribution in [2.75, 3.05) is 0 Å². The number of carbonyl (C=O) groups is 1. The Balaban J connectivity index is 1.57. The lowest BCUT2D eigenvalue weighted by Gasteiger charge is -2.53. The Kier molecular flexibility index (Phi) is 4.36. The molecule has 2 aliphatic heterocycles. The standard InChI is InChI=1S/C23H29N3OS/c1-14-21(28-15(2)24-14)22(27)26-18(12-16-8-5-4-6-9-16)17-13-23(3)19(25-17)10-7-11-20(23)26/h4-6,8-9,17-20,25H,7,10-13H2,1-3H3/t17-,18+,19-,20+,23-/m0/s1. The maximum atomic E-state index is 13.9. The lowest BCUT2D eigenvalue weighted by molar-refractivity contribution is -0.0108. The summed E-state index contributed by atoms with van der Waals surface area (Å²) in [4.78, 5) is 21.5. The van der Waals surface area contributed by atoms with E-state index in [0.29, 0.717) is 18.1 Å². The molecule has 2 bridgehead atoms. The summed E-state index contributed by atoms with van der Waals surface area (Å²) in [5.74, 6) is 0.203. The normalized spacial score (nSPS) is 33.9. The van der Waals surface area contributed by atoms with Gasteiger partial charge in [-0.05, 0) is 51.5 Å². The second-order valence-corrected chi connectivity index (χ2v) is 10.3. The third-order valence-corrected chi connectivity index (χ3v) is 8.44. The van der Waals surface area contributed by atoms with E-state index in [4.69, 9.17) is 0 Å². The van der Waals surface area contributed by atoms with Crippen LogP contribution in [0.2, 0.25) is 0 Å². The van der Waals surface area contributed by atoms with E-state index < -0.39 is 0 Å². The Bertz CT molecular complexity index is 895. The number of carbonyl (C=O) groups excluding carboxylic acids is 1. The first kappa shape index (κ1) is 18.3. The number of aryl methyl sites for hydroxylation is 2. The van der Waals surface area contributed by atoms with Crippen LogP contribution >= 0.6 is 11.3 Å². The van der Waals surface area contributed by atoms with E-state index in [1.165, 1.54) is 24.8 Å². The summed E-state index contributed by atoms with van der Waals surface area (Å²) in [6, 6.07) is 12.1. The number of aromatic nitrogens is 1. The SMILES string of the molecule is Cc1nc(C)c(C(=O)N2[C@H](Cc3ccccc3)[C@@H]3C[C@@]4(C)[C@H](CCC[C@@H]24)N3)s1. The van der Waals surface area contributed by atoms with Gasteiger partial charge in [-0.1, -0.05) is 37.3 Å². The molecule has 0 radical (unpaired) electrons. The van der Waals surface area contributed by atoms with Crippen LogP contribution in [0.5, 0.6) is 0 Å². The predicted octanol–water partition coefficient (Wildman–Crippen LogP) is 4.12.